The first kappa shape index (κ1) is 10.1. The van der Waals surface area contributed by atoms with Gasteiger partial charge in [-0.3, -0.25) is 0 Å². The summed E-state index contributed by atoms with van der Waals surface area (Å²) in [5.74, 6) is 1.10. The van der Waals surface area contributed by atoms with Gasteiger partial charge in [-0.2, -0.15) is 0 Å². The van der Waals surface area contributed by atoms with Gasteiger partial charge in [0.2, 0.25) is 0 Å². The summed E-state index contributed by atoms with van der Waals surface area (Å²) in [6, 6.07) is 8.36. The van der Waals surface area contributed by atoms with E-state index < -0.39 is 0 Å². The third-order valence-corrected chi connectivity index (χ3v) is 2.64. The molecular weight excluding hydrogens is 186 g/mol. The smallest absolute Gasteiger partial charge is 0.136 e. The van der Waals surface area contributed by atoms with Crippen LogP contribution in [-0.2, 0) is 6.42 Å². The molecule has 0 radical (unpaired) electrons. The molecule has 0 bridgehead atoms. The first-order chi connectivity index (χ1) is 7.33. The summed E-state index contributed by atoms with van der Waals surface area (Å²) < 4.78 is 5.77. The van der Waals surface area contributed by atoms with Crippen LogP contribution in [-0.4, -0.2) is 7.05 Å². The first-order valence-corrected chi connectivity index (χ1v) is 5.53. The fourth-order valence-electron chi connectivity index (χ4n) is 1.72. The SMILES string of the molecule is CCCCc1cc2ccc(NC)cc2o1. The Morgan fingerprint density at radius 2 is 2.13 bits per heavy atom. The molecular formula is C13H17NO. The molecule has 1 aromatic carbocycles. The van der Waals surface area contributed by atoms with Gasteiger partial charge in [-0.1, -0.05) is 13.3 Å². The summed E-state index contributed by atoms with van der Waals surface area (Å²) in [7, 11) is 1.92. The Bertz CT molecular complexity index is 445. The number of rotatable bonds is 4. The van der Waals surface area contributed by atoms with Crippen LogP contribution in [0.4, 0.5) is 5.69 Å². The number of fused-ring (bicyclic) bond motifs is 1. The van der Waals surface area contributed by atoms with Gasteiger partial charge in [-0.15, -0.1) is 0 Å². The van der Waals surface area contributed by atoms with Gasteiger partial charge in [0.05, 0.1) is 0 Å². The topological polar surface area (TPSA) is 25.2 Å². The van der Waals surface area contributed by atoms with Crippen molar-refractivity contribution in [3.05, 3.63) is 30.0 Å². The lowest BCUT2D eigenvalue weighted by molar-refractivity contribution is 0.537. The van der Waals surface area contributed by atoms with E-state index in [4.69, 9.17) is 4.42 Å². The Labute approximate surface area is 90.3 Å². The Morgan fingerprint density at radius 1 is 1.27 bits per heavy atom. The Hall–Kier alpha value is -1.44. The van der Waals surface area contributed by atoms with Gasteiger partial charge in [-0.05, 0) is 24.6 Å². The molecule has 1 heterocycles. The van der Waals surface area contributed by atoms with Crippen LogP contribution >= 0.6 is 0 Å². The van der Waals surface area contributed by atoms with E-state index in [-0.39, 0.29) is 0 Å². The van der Waals surface area contributed by atoms with E-state index in [0.29, 0.717) is 0 Å². The maximum Gasteiger partial charge on any atom is 0.136 e. The van der Waals surface area contributed by atoms with Gasteiger partial charge in [0.1, 0.15) is 11.3 Å². The summed E-state index contributed by atoms with van der Waals surface area (Å²) in [6.07, 6.45) is 3.44. The summed E-state index contributed by atoms with van der Waals surface area (Å²) in [5.41, 5.74) is 2.08. The van der Waals surface area contributed by atoms with Crippen LogP contribution in [0, 0.1) is 0 Å². The molecule has 2 heteroatoms. The number of anilines is 1. The second-order valence-corrected chi connectivity index (χ2v) is 3.82. The van der Waals surface area contributed by atoms with Crippen LogP contribution in [0.2, 0.25) is 0 Å². The molecule has 0 atom stereocenters. The Balaban J connectivity index is 2.29. The molecule has 1 aromatic heterocycles. The van der Waals surface area contributed by atoms with Crippen molar-refractivity contribution in [2.75, 3.05) is 12.4 Å². The highest BCUT2D eigenvalue weighted by Crippen LogP contribution is 2.23. The van der Waals surface area contributed by atoms with Crippen molar-refractivity contribution in [1.29, 1.82) is 0 Å². The first-order valence-electron chi connectivity index (χ1n) is 5.53. The third-order valence-electron chi connectivity index (χ3n) is 2.64. The lowest BCUT2D eigenvalue weighted by Crippen LogP contribution is -1.85. The van der Waals surface area contributed by atoms with Gasteiger partial charge >= 0.3 is 0 Å². The molecule has 80 valence electrons. The van der Waals surface area contributed by atoms with Crippen LogP contribution in [0.1, 0.15) is 25.5 Å². The molecule has 0 spiro atoms. The summed E-state index contributed by atoms with van der Waals surface area (Å²) in [4.78, 5) is 0. The molecule has 1 N–H and O–H groups in total. The second kappa shape index (κ2) is 4.39. The Kier molecular flexibility index (Phi) is 2.95. The lowest BCUT2D eigenvalue weighted by Gasteiger charge is -1.97. The number of aryl methyl sites for hydroxylation is 1. The molecule has 0 saturated carbocycles. The van der Waals surface area contributed by atoms with Gasteiger partial charge in [-0.25, -0.2) is 0 Å². The van der Waals surface area contributed by atoms with E-state index in [9.17, 15) is 0 Å². The minimum absolute atomic E-state index is 0.980. The van der Waals surface area contributed by atoms with Crippen molar-refractivity contribution in [3.63, 3.8) is 0 Å². The second-order valence-electron chi connectivity index (χ2n) is 3.82. The zero-order chi connectivity index (χ0) is 10.7. The minimum atomic E-state index is 0.980. The van der Waals surface area contributed by atoms with Crippen molar-refractivity contribution in [2.45, 2.75) is 26.2 Å². The van der Waals surface area contributed by atoms with Crippen molar-refractivity contribution in [2.24, 2.45) is 0 Å². The van der Waals surface area contributed by atoms with E-state index >= 15 is 0 Å². The number of unbranched alkanes of at least 4 members (excludes halogenated alkanes) is 1. The molecule has 2 nitrogen and oxygen atoms in total. The summed E-state index contributed by atoms with van der Waals surface area (Å²) in [5, 5.41) is 4.31. The third kappa shape index (κ3) is 2.14. The lowest BCUT2D eigenvalue weighted by atomic mass is 10.2. The number of furan rings is 1. The van der Waals surface area contributed by atoms with Crippen molar-refractivity contribution in [3.8, 4) is 0 Å². The fraction of sp³-hybridized carbons (Fsp3) is 0.385. The maximum absolute atomic E-state index is 5.77. The van der Waals surface area contributed by atoms with Gasteiger partial charge < -0.3 is 9.73 Å². The van der Waals surface area contributed by atoms with Crippen LogP contribution in [0.25, 0.3) is 11.0 Å². The molecule has 0 aliphatic heterocycles. The van der Waals surface area contributed by atoms with Crippen LogP contribution in [0.15, 0.2) is 28.7 Å². The number of hydrogen-bond acceptors (Lipinski definition) is 2. The Morgan fingerprint density at radius 3 is 2.87 bits per heavy atom. The highest BCUT2D eigenvalue weighted by molar-refractivity contribution is 5.81. The molecule has 2 rings (SSSR count). The number of benzene rings is 1. The zero-order valence-electron chi connectivity index (χ0n) is 9.34. The van der Waals surface area contributed by atoms with Gasteiger partial charge in [0.15, 0.2) is 0 Å². The predicted molar refractivity (Wildman–Crippen MR) is 64.4 cm³/mol. The van der Waals surface area contributed by atoms with Gasteiger partial charge in [0, 0.05) is 30.6 Å². The van der Waals surface area contributed by atoms with E-state index in [1.54, 1.807) is 0 Å². The van der Waals surface area contributed by atoms with Gasteiger partial charge in [0.25, 0.3) is 0 Å². The maximum atomic E-state index is 5.77. The standard InChI is InChI=1S/C13H17NO/c1-3-4-5-12-8-10-6-7-11(14-2)9-13(10)15-12/h6-9,14H,3-5H2,1-2H3. The van der Waals surface area contributed by atoms with E-state index in [0.717, 1.165) is 23.5 Å². The van der Waals surface area contributed by atoms with Crippen molar-refractivity contribution < 1.29 is 4.42 Å². The summed E-state index contributed by atoms with van der Waals surface area (Å²) >= 11 is 0. The largest absolute Gasteiger partial charge is 0.461 e. The average molecular weight is 203 g/mol. The minimum Gasteiger partial charge on any atom is -0.461 e. The molecule has 2 aromatic rings. The fourth-order valence-corrected chi connectivity index (χ4v) is 1.72. The normalized spacial score (nSPS) is 10.8. The molecule has 15 heavy (non-hydrogen) atoms. The highest BCUT2D eigenvalue weighted by Gasteiger charge is 2.03. The molecule has 0 aliphatic rings. The average Bonchev–Trinajstić information content (AvgIpc) is 2.67. The molecule has 0 fully saturated rings. The number of hydrogen-bond donors (Lipinski definition) is 1. The summed E-state index contributed by atoms with van der Waals surface area (Å²) in [6.45, 7) is 2.20. The monoisotopic (exact) mass is 203 g/mol. The predicted octanol–water partition coefficient (Wildman–Crippen LogP) is 3.82. The highest BCUT2D eigenvalue weighted by atomic mass is 16.3. The van der Waals surface area contributed by atoms with Crippen LogP contribution in [0.5, 0.6) is 0 Å². The number of nitrogens with one attached hydrogen (secondary N) is 1. The van der Waals surface area contributed by atoms with E-state index in [2.05, 4.69) is 30.4 Å². The van der Waals surface area contributed by atoms with Crippen LogP contribution < -0.4 is 5.32 Å². The van der Waals surface area contributed by atoms with E-state index in [1.165, 1.54) is 18.2 Å². The zero-order valence-corrected chi connectivity index (χ0v) is 9.34. The van der Waals surface area contributed by atoms with Crippen molar-refractivity contribution in [1.82, 2.24) is 0 Å². The quantitative estimate of drug-likeness (QED) is 0.817. The molecule has 0 saturated heterocycles. The molecule has 0 amide bonds. The molecule has 0 unspecified atom stereocenters. The van der Waals surface area contributed by atoms with Crippen molar-refractivity contribution >= 4 is 16.7 Å². The van der Waals surface area contributed by atoms with E-state index in [1.807, 2.05) is 13.1 Å². The van der Waals surface area contributed by atoms with Crippen LogP contribution in [0.3, 0.4) is 0 Å². The molecule has 0 aliphatic carbocycles.